The first-order chi connectivity index (χ1) is 8.17. The van der Waals surface area contributed by atoms with Crippen LogP contribution in [0.3, 0.4) is 0 Å². The Bertz CT molecular complexity index is 537. The van der Waals surface area contributed by atoms with Crippen LogP contribution in [0.25, 0.3) is 11.4 Å². The molecule has 1 aromatic carbocycles. The molecular formula is C12H13BrClN3. The van der Waals surface area contributed by atoms with E-state index in [1.54, 1.807) is 0 Å². The molecule has 1 heterocycles. The van der Waals surface area contributed by atoms with E-state index in [0.29, 0.717) is 5.33 Å². The molecule has 0 aliphatic rings. The van der Waals surface area contributed by atoms with Crippen molar-refractivity contribution in [3.63, 3.8) is 0 Å². The van der Waals surface area contributed by atoms with E-state index in [0.717, 1.165) is 34.3 Å². The lowest BCUT2D eigenvalue weighted by Gasteiger charge is -2.08. The van der Waals surface area contributed by atoms with E-state index in [4.69, 9.17) is 11.6 Å². The van der Waals surface area contributed by atoms with Crippen LogP contribution < -0.4 is 0 Å². The maximum Gasteiger partial charge on any atom is 0.164 e. The first-order valence-corrected chi connectivity index (χ1v) is 6.92. The summed E-state index contributed by atoms with van der Waals surface area (Å²) in [6.45, 7) is 4.97. The van der Waals surface area contributed by atoms with Crippen molar-refractivity contribution in [1.82, 2.24) is 14.8 Å². The minimum Gasteiger partial charge on any atom is -0.311 e. The molecule has 1 aromatic heterocycles. The lowest BCUT2D eigenvalue weighted by atomic mass is 10.1. The molecule has 0 aliphatic carbocycles. The third kappa shape index (κ3) is 2.38. The van der Waals surface area contributed by atoms with Crippen LogP contribution in [-0.4, -0.2) is 14.8 Å². The zero-order chi connectivity index (χ0) is 12.4. The van der Waals surface area contributed by atoms with Crippen molar-refractivity contribution in [1.29, 1.82) is 0 Å². The van der Waals surface area contributed by atoms with E-state index in [-0.39, 0.29) is 0 Å². The number of rotatable bonds is 3. The van der Waals surface area contributed by atoms with Crippen LogP contribution in [0, 0.1) is 6.92 Å². The summed E-state index contributed by atoms with van der Waals surface area (Å²) in [5, 5.41) is 9.85. The van der Waals surface area contributed by atoms with E-state index >= 15 is 0 Å². The molecule has 0 saturated heterocycles. The Labute approximate surface area is 114 Å². The Kier molecular flexibility index (Phi) is 3.84. The molecule has 0 saturated carbocycles. The SMILES string of the molecule is CCn1c(CBr)nnc1-c1cc(Cl)ccc1C. The fourth-order valence-corrected chi connectivity index (χ4v) is 2.39. The number of aromatic nitrogens is 3. The highest BCUT2D eigenvalue weighted by Crippen LogP contribution is 2.26. The Morgan fingerprint density at radius 3 is 2.76 bits per heavy atom. The average molecular weight is 315 g/mol. The predicted molar refractivity (Wildman–Crippen MR) is 73.5 cm³/mol. The number of nitrogens with zero attached hydrogens (tertiary/aromatic N) is 3. The van der Waals surface area contributed by atoms with Gasteiger partial charge >= 0.3 is 0 Å². The fraction of sp³-hybridized carbons (Fsp3) is 0.333. The molecule has 2 aromatic rings. The van der Waals surface area contributed by atoms with Gasteiger partial charge in [-0.3, -0.25) is 0 Å². The van der Waals surface area contributed by atoms with Crippen molar-refractivity contribution in [3.8, 4) is 11.4 Å². The largest absolute Gasteiger partial charge is 0.311 e. The molecular weight excluding hydrogens is 302 g/mol. The van der Waals surface area contributed by atoms with E-state index in [2.05, 4.69) is 37.6 Å². The molecule has 0 atom stereocenters. The van der Waals surface area contributed by atoms with Gasteiger partial charge in [-0.15, -0.1) is 10.2 Å². The highest BCUT2D eigenvalue weighted by molar-refractivity contribution is 9.08. The average Bonchev–Trinajstić information content (AvgIpc) is 2.74. The van der Waals surface area contributed by atoms with Gasteiger partial charge in [0.25, 0.3) is 0 Å². The molecule has 17 heavy (non-hydrogen) atoms. The smallest absolute Gasteiger partial charge is 0.164 e. The second kappa shape index (κ2) is 5.19. The summed E-state index contributed by atoms with van der Waals surface area (Å²) in [4.78, 5) is 0. The second-order valence-electron chi connectivity index (χ2n) is 3.78. The van der Waals surface area contributed by atoms with Crippen LogP contribution in [0.15, 0.2) is 18.2 Å². The van der Waals surface area contributed by atoms with Gasteiger partial charge in [0, 0.05) is 17.1 Å². The Morgan fingerprint density at radius 1 is 1.35 bits per heavy atom. The Balaban J connectivity index is 2.59. The van der Waals surface area contributed by atoms with Crippen molar-refractivity contribution in [3.05, 3.63) is 34.6 Å². The number of halogens is 2. The minimum atomic E-state index is 0.702. The van der Waals surface area contributed by atoms with Gasteiger partial charge in [0.2, 0.25) is 0 Å². The molecule has 0 radical (unpaired) electrons. The van der Waals surface area contributed by atoms with Crippen LogP contribution in [-0.2, 0) is 11.9 Å². The molecule has 5 heteroatoms. The van der Waals surface area contributed by atoms with Crippen molar-refractivity contribution < 1.29 is 0 Å². The maximum absolute atomic E-state index is 6.04. The molecule has 0 spiro atoms. The fourth-order valence-electron chi connectivity index (χ4n) is 1.80. The first kappa shape index (κ1) is 12.6. The topological polar surface area (TPSA) is 30.7 Å². The van der Waals surface area contributed by atoms with Crippen LogP contribution >= 0.6 is 27.5 Å². The zero-order valence-corrected chi connectivity index (χ0v) is 12.1. The number of hydrogen-bond acceptors (Lipinski definition) is 2. The number of benzene rings is 1. The summed E-state index contributed by atoms with van der Waals surface area (Å²) in [7, 11) is 0. The lowest BCUT2D eigenvalue weighted by molar-refractivity contribution is 0.733. The second-order valence-corrected chi connectivity index (χ2v) is 4.77. The van der Waals surface area contributed by atoms with Gasteiger partial charge in [0.1, 0.15) is 5.82 Å². The number of alkyl halides is 1. The van der Waals surface area contributed by atoms with Gasteiger partial charge < -0.3 is 4.57 Å². The third-order valence-corrected chi connectivity index (χ3v) is 3.44. The van der Waals surface area contributed by atoms with Gasteiger partial charge in [-0.1, -0.05) is 33.6 Å². The van der Waals surface area contributed by atoms with Gasteiger partial charge in [-0.25, -0.2) is 0 Å². The molecule has 0 fully saturated rings. The molecule has 90 valence electrons. The first-order valence-electron chi connectivity index (χ1n) is 5.42. The standard InChI is InChI=1S/C12H13BrClN3/c1-3-17-11(7-13)15-16-12(17)10-6-9(14)5-4-8(10)2/h4-6H,3,7H2,1-2H3. The van der Waals surface area contributed by atoms with E-state index < -0.39 is 0 Å². The number of aryl methyl sites for hydroxylation is 1. The summed E-state index contributed by atoms with van der Waals surface area (Å²) in [5.74, 6) is 1.81. The molecule has 0 aliphatic heterocycles. The van der Waals surface area contributed by atoms with E-state index in [1.165, 1.54) is 0 Å². The van der Waals surface area contributed by atoms with E-state index in [9.17, 15) is 0 Å². The minimum absolute atomic E-state index is 0.702. The monoisotopic (exact) mass is 313 g/mol. The summed E-state index contributed by atoms with van der Waals surface area (Å²) in [5.41, 5.74) is 2.19. The summed E-state index contributed by atoms with van der Waals surface area (Å²) < 4.78 is 2.09. The van der Waals surface area contributed by atoms with Crippen molar-refractivity contribution in [2.75, 3.05) is 0 Å². The molecule has 0 bridgehead atoms. The normalized spacial score (nSPS) is 10.8. The van der Waals surface area contributed by atoms with Crippen molar-refractivity contribution in [2.45, 2.75) is 25.7 Å². The lowest BCUT2D eigenvalue weighted by Crippen LogP contribution is -2.02. The Hall–Kier alpha value is -0.870. The molecule has 0 N–H and O–H groups in total. The Morgan fingerprint density at radius 2 is 2.12 bits per heavy atom. The van der Waals surface area contributed by atoms with Crippen LogP contribution in [0.5, 0.6) is 0 Å². The van der Waals surface area contributed by atoms with Gasteiger partial charge in [0.15, 0.2) is 5.82 Å². The zero-order valence-electron chi connectivity index (χ0n) is 9.74. The molecule has 2 rings (SSSR count). The third-order valence-electron chi connectivity index (χ3n) is 2.70. The molecule has 0 amide bonds. The van der Waals surface area contributed by atoms with Crippen LogP contribution in [0.1, 0.15) is 18.3 Å². The highest BCUT2D eigenvalue weighted by atomic mass is 79.9. The van der Waals surface area contributed by atoms with Crippen molar-refractivity contribution >= 4 is 27.5 Å². The summed E-state index contributed by atoms with van der Waals surface area (Å²) in [6, 6.07) is 5.82. The summed E-state index contributed by atoms with van der Waals surface area (Å²) >= 11 is 9.45. The van der Waals surface area contributed by atoms with Crippen LogP contribution in [0.4, 0.5) is 0 Å². The molecule has 0 unspecified atom stereocenters. The van der Waals surface area contributed by atoms with Gasteiger partial charge in [0.05, 0.1) is 5.33 Å². The predicted octanol–water partition coefficient (Wildman–Crippen LogP) is 3.82. The van der Waals surface area contributed by atoms with Gasteiger partial charge in [-0.2, -0.15) is 0 Å². The van der Waals surface area contributed by atoms with Gasteiger partial charge in [-0.05, 0) is 31.5 Å². The van der Waals surface area contributed by atoms with Crippen LogP contribution in [0.2, 0.25) is 5.02 Å². The summed E-state index contributed by atoms with van der Waals surface area (Å²) in [6.07, 6.45) is 0. The molecule has 3 nitrogen and oxygen atoms in total. The van der Waals surface area contributed by atoms with Crippen molar-refractivity contribution in [2.24, 2.45) is 0 Å². The number of hydrogen-bond donors (Lipinski definition) is 0. The quantitative estimate of drug-likeness (QED) is 0.806. The maximum atomic E-state index is 6.04. The highest BCUT2D eigenvalue weighted by Gasteiger charge is 2.13. The van der Waals surface area contributed by atoms with E-state index in [1.807, 2.05) is 25.1 Å².